The van der Waals surface area contributed by atoms with Gasteiger partial charge in [-0.15, -0.1) is 0 Å². The normalized spacial score (nSPS) is 16.8. The van der Waals surface area contributed by atoms with Gasteiger partial charge in [0.25, 0.3) is 0 Å². The van der Waals surface area contributed by atoms with E-state index in [4.69, 9.17) is 5.11 Å². The molecule has 0 amide bonds. The van der Waals surface area contributed by atoms with Crippen molar-refractivity contribution in [3.63, 3.8) is 0 Å². The summed E-state index contributed by atoms with van der Waals surface area (Å²) in [6, 6.07) is 0. The molecular weight excluding hydrogens is 287 g/mol. The molecule has 0 radical (unpaired) electrons. The van der Waals surface area contributed by atoms with Crippen molar-refractivity contribution in [2.45, 2.75) is 0 Å². The second-order valence-electron chi connectivity index (χ2n) is 0.958. The first-order valence-electron chi connectivity index (χ1n) is 1.46. The van der Waals surface area contributed by atoms with E-state index >= 15 is 0 Å². The van der Waals surface area contributed by atoms with Crippen LogP contribution in [0.15, 0.2) is 0 Å². The Morgan fingerprint density at radius 3 is 0.800 bits per heavy atom. The molecule has 0 saturated heterocycles. The smallest absolute Gasteiger partial charge is 1.00 e. The SMILES string of the molecule is CO.[F][Sb-]([F])([F])([F])([F])[F].[Na+]. The third-order valence-electron chi connectivity index (χ3n) is 0. The molecule has 0 aliphatic heterocycles. The number of rotatable bonds is 0. The third-order valence-corrected chi connectivity index (χ3v) is 0. The Hall–Kier alpha value is 1.36. The van der Waals surface area contributed by atoms with Crippen molar-refractivity contribution in [3.05, 3.63) is 0 Å². The van der Waals surface area contributed by atoms with Gasteiger partial charge in [0.1, 0.15) is 0 Å². The predicted octanol–water partition coefficient (Wildman–Crippen LogP) is -1.25. The largest absolute Gasteiger partial charge is 1.00 e. The van der Waals surface area contributed by atoms with E-state index in [0.717, 1.165) is 7.11 Å². The van der Waals surface area contributed by atoms with Crippen LogP contribution in [0.25, 0.3) is 0 Å². The molecule has 0 atom stereocenters. The van der Waals surface area contributed by atoms with Gasteiger partial charge in [-0.2, -0.15) is 0 Å². The topological polar surface area (TPSA) is 20.2 Å². The van der Waals surface area contributed by atoms with Gasteiger partial charge >= 0.3 is 65.9 Å². The van der Waals surface area contributed by atoms with E-state index in [1.165, 1.54) is 0 Å². The van der Waals surface area contributed by atoms with Crippen LogP contribution in [0, 0.1) is 0 Å². The maximum absolute atomic E-state index is 11.2. The Morgan fingerprint density at radius 2 is 0.800 bits per heavy atom. The van der Waals surface area contributed by atoms with Crippen LogP contribution in [0.5, 0.6) is 0 Å². The fraction of sp³-hybridized carbons (Fsp3) is 1.00. The Morgan fingerprint density at radius 1 is 0.800 bits per heavy atom. The summed E-state index contributed by atoms with van der Waals surface area (Å²) >= 11 is -11.2. The third kappa shape index (κ3) is 354. The summed E-state index contributed by atoms with van der Waals surface area (Å²) in [4.78, 5) is 0. The molecule has 0 aromatic carbocycles. The second kappa shape index (κ2) is 3.39. The van der Waals surface area contributed by atoms with Crippen molar-refractivity contribution in [1.82, 2.24) is 0 Å². The molecule has 0 fully saturated rings. The number of halogens is 6. The monoisotopic (exact) mass is 290 g/mol. The molecule has 0 rings (SSSR count). The molecule has 0 aromatic rings. The Balaban J connectivity index is -0.000000149. The van der Waals surface area contributed by atoms with E-state index in [9.17, 15) is 16.9 Å². The van der Waals surface area contributed by atoms with Gasteiger partial charge in [-0.25, -0.2) is 0 Å². The van der Waals surface area contributed by atoms with E-state index in [-0.39, 0.29) is 29.6 Å². The number of hydrogen-bond donors (Lipinski definition) is 1. The number of hydrogen-bond acceptors (Lipinski definition) is 1. The van der Waals surface area contributed by atoms with E-state index < -0.39 is 19.5 Å². The van der Waals surface area contributed by atoms with E-state index in [2.05, 4.69) is 0 Å². The van der Waals surface area contributed by atoms with Crippen LogP contribution < -0.4 is 29.6 Å². The molecule has 9 heteroatoms. The molecule has 1 N–H and O–H groups in total. The van der Waals surface area contributed by atoms with Crippen molar-refractivity contribution in [3.8, 4) is 0 Å². The molecule has 0 aliphatic rings. The average molecular weight is 291 g/mol. The molecule has 0 aliphatic carbocycles. The minimum absolute atomic E-state index is 0. The van der Waals surface area contributed by atoms with Crippen LogP contribution >= 0.6 is 0 Å². The predicted molar refractivity (Wildman–Crippen MR) is 20.5 cm³/mol. The quantitative estimate of drug-likeness (QED) is 0.437. The van der Waals surface area contributed by atoms with Crippen molar-refractivity contribution in [2.24, 2.45) is 0 Å². The van der Waals surface area contributed by atoms with Gasteiger partial charge in [0.15, 0.2) is 0 Å². The van der Waals surface area contributed by atoms with Gasteiger partial charge in [-0.05, 0) is 0 Å². The average Bonchev–Trinajstić information content (AvgIpc) is 1.30. The van der Waals surface area contributed by atoms with Crippen LogP contribution in [0.2, 0.25) is 0 Å². The van der Waals surface area contributed by atoms with Crippen molar-refractivity contribution >= 4 is 19.5 Å². The summed E-state index contributed by atoms with van der Waals surface area (Å²) in [6.07, 6.45) is 0. The van der Waals surface area contributed by atoms with Crippen molar-refractivity contribution in [1.29, 1.82) is 0 Å². The van der Waals surface area contributed by atoms with Crippen LogP contribution in [-0.2, 0) is 0 Å². The zero-order chi connectivity index (χ0) is 8.41. The van der Waals surface area contributed by atoms with Crippen LogP contribution in [0.1, 0.15) is 0 Å². The first kappa shape index (κ1) is 17.4. The van der Waals surface area contributed by atoms with Crippen molar-refractivity contribution in [2.75, 3.05) is 7.11 Å². The Labute approximate surface area is 77.6 Å². The summed E-state index contributed by atoms with van der Waals surface area (Å²) in [5.74, 6) is 0. The van der Waals surface area contributed by atoms with Gasteiger partial charge in [0.2, 0.25) is 0 Å². The molecule has 0 bridgehead atoms. The van der Waals surface area contributed by atoms with Gasteiger partial charge in [-0.1, -0.05) is 0 Å². The Kier molecular flexibility index (Phi) is 5.91. The maximum atomic E-state index is 9.93. The zero-order valence-corrected chi connectivity index (χ0v) is 9.72. The minimum Gasteiger partial charge on any atom is 1.00 e. The summed E-state index contributed by atoms with van der Waals surface area (Å²) < 4.78 is 59.6. The second-order valence-corrected chi connectivity index (χ2v) is 6.43. The molecule has 62 valence electrons. The number of aliphatic hydroxyl groups excluding tert-OH is 1. The zero-order valence-electron chi connectivity index (χ0n) is 5.16. The van der Waals surface area contributed by atoms with Gasteiger partial charge in [-0.3, -0.25) is 0 Å². The minimum atomic E-state index is -11.2. The van der Waals surface area contributed by atoms with Gasteiger partial charge < -0.3 is 5.11 Å². The molecule has 1 nitrogen and oxygen atoms in total. The summed E-state index contributed by atoms with van der Waals surface area (Å²) in [5.41, 5.74) is 0. The molecule has 0 saturated carbocycles. The molecule has 10 heavy (non-hydrogen) atoms. The number of aliphatic hydroxyl groups is 1. The summed E-state index contributed by atoms with van der Waals surface area (Å²) in [7, 11) is 1.00. The van der Waals surface area contributed by atoms with Crippen molar-refractivity contribution < 1.29 is 51.5 Å². The molecule has 0 heterocycles. The summed E-state index contributed by atoms with van der Waals surface area (Å²) in [6.45, 7) is 0. The first-order valence-corrected chi connectivity index (χ1v) is 7.25. The van der Waals surface area contributed by atoms with Crippen LogP contribution in [0.3, 0.4) is 0 Å². The van der Waals surface area contributed by atoms with E-state index in [1.54, 1.807) is 0 Å². The molecule has 0 spiro atoms. The van der Waals surface area contributed by atoms with Crippen LogP contribution in [-0.4, -0.2) is 31.7 Å². The molecule has 0 unspecified atom stereocenters. The van der Waals surface area contributed by atoms with E-state index in [1.807, 2.05) is 0 Å². The fourth-order valence-corrected chi connectivity index (χ4v) is 0. The summed E-state index contributed by atoms with van der Waals surface area (Å²) in [5, 5.41) is 7.00. The fourth-order valence-electron chi connectivity index (χ4n) is 0. The molecule has 0 aromatic heterocycles. The Bertz CT molecular complexity index is 76.3. The van der Waals surface area contributed by atoms with E-state index in [0.29, 0.717) is 0 Å². The van der Waals surface area contributed by atoms with Gasteiger partial charge in [0, 0.05) is 7.11 Å². The maximum Gasteiger partial charge on any atom is 1.00 e. The molecular formula is CH4F6NaOSb. The standard InChI is InChI=1S/CH4O.6FH.Na.Sb/c1-2;;;;;;;;/h2H,1H3;6*1H;;/q;;;;;;;+1;+5/p-6. The van der Waals surface area contributed by atoms with Gasteiger partial charge in [0.05, 0.1) is 0 Å². The first-order chi connectivity index (χ1) is 3.45. The van der Waals surface area contributed by atoms with Crippen LogP contribution in [0.4, 0.5) is 16.9 Å².